The van der Waals surface area contributed by atoms with Gasteiger partial charge in [0.05, 0.1) is 5.56 Å². The van der Waals surface area contributed by atoms with Gasteiger partial charge in [-0.25, -0.2) is 4.98 Å². The molecule has 0 spiro atoms. The van der Waals surface area contributed by atoms with E-state index in [1.165, 1.54) is 6.07 Å². The Morgan fingerprint density at radius 3 is 2.59 bits per heavy atom. The first-order valence-electron chi connectivity index (χ1n) is 6.97. The Bertz CT molecular complexity index is 681. The van der Waals surface area contributed by atoms with Crippen molar-refractivity contribution >= 4 is 17.5 Å². The average Bonchev–Trinajstić information content (AvgIpc) is 3.21. The number of nitrogens with zero attached hydrogens (tertiary/aromatic N) is 2. The summed E-state index contributed by atoms with van der Waals surface area (Å²) in [7, 11) is 0. The molecule has 0 radical (unpaired) electrons. The van der Waals surface area contributed by atoms with Crippen LogP contribution in [0.15, 0.2) is 30.3 Å². The van der Waals surface area contributed by atoms with Crippen LogP contribution in [-0.2, 0) is 6.18 Å². The molecule has 2 N–H and O–H groups in total. The fourth-order valence-corrected chi connectivity index (χ4v) is 2.04. The maximum atomic E-state index is 12.7. The highest BCUT2D eigenvalue weighted by Crippen LogP contribution is 2.31. The molecule has 0 atom stereocenters. The second-order valence-electron chi connectivity index (χ2n) is 5.34. The van der Waals surface area contributed by atoms with Gasteiger partial charge in [-0.3, -0.25) is 0 Å². The van der Waals surface area contributed by atoms with E-state index in [4.69, 9.17) is 0 Å². The number of nitrogens with one attached hydrogen (secondary N) is 2. The summed E-state index contributed by atoms with van der Waals surface area (Å²) in [5.41, 5.74) is 0.340. The zero-order chi connectivity index (χ0) is 15.7. The van der Waals surface area contributed by atoms with Gasteiger partial charge in [-0.2, -0.15) is 18.2 Å². The first-order chi connectivity index (χ1) is 10.4. The van der Waals surface area contributed by atoms with Gasteiger partial charge in [0.15, 0.2) is 0 Å². The fraction of sp³-hybridized carbons (Fsp3) is 0.333. The molecule has 1 heterocycles. The van der Waals surface area contributed by atoms with E-state index in [1.54, 1.807) is 6.07 Å². The van der Waals surface area contributed by atoms with Crippen molar-refractivity contribution in [2.75, 3.05) is 10.6 Å². The van der Waals surface area contributed by atoms with Crippen LogP contribution in [0.25, 0.3) is 0 Å². The molecule has 22 heavy (non-hydrogen) atoms. The highest BCUT2D eigenvalue weighted by molar-refractivity contribution is 5.56. The molecular weight excluding hydrogens is 293 g/mol. The van der Waals surface area contributed by atoms with Gasteiger partial charge in [-0.15, -0.1) is 0 Å². The van der Waals surface area contributed by atoms with Crippen LogP contribution in [0.2, 0.25) is 0 Å². The summed E-state index contributed by atoms with van der Waals surface area (Å²) in [5, 5.41) is 6.08. The topological polar surface area (TPSA) is 49.8 Å². The van der Waals surface area contributed by atoms with E-state index in [2.05, 4.69) is 20.6 Å². The first kappa shape index (κ1) is 14.6. The van der Waals surface area contributed by atoms with Crippen molar-refractivity contribution in [3.8, 4) is 0 Å². The number of anilines is 3. The molecule has 0 unspecified atom stereocenters. The van der Waals surface area contributed by atoms with E-state index >= 15 is 0 Å². The predicted molar refractivity (Wildman–Crippen MR) is 78.1 cm³/mol. The zero-order valence-corrected chi connectivity index (χ0v) is 11.9. The highest BCUT2D eigenvalue weighted by Gasteiger charge is 2.30. The normalized spacial score (nSPS) is 14.7. The van der Waals surface area contributed by atoms with E-state index in [-0.39, 0.29) is 5.95 Å². The lowest BCUT2D eigenvalue weighted by molar-refractivity contribution is -0.137. The van der Waals surface area contributed by atoms with Crippen LogP contribution >= 0.6 is 0 Å². The molecule has 1 aliphatic carbocycles. The minimum atomic E-state index is -4.37. The summed E-state index contributed by atoms with van der Waals surface area (Å²) in [6.07, 6.45) is -2.15. The number of hydrogen-bond donors (Lipinski definition) is 2. The Balaban J connectivity index is 1.81. The van der Waals surface area contributed by atoms with Crippen molar-refractivity contribution in [1.82, 2.24) is 9.97 Å². The molecule has 7 heteroatoms. The molecule has 1 aromatic heterocycles. The minimum absolute atomic E-state index is 0.280. The van der Waals surface area contributed by atoms with Gasteiger partial charge in [0.2, 0.25) is 5.95 Å². The molecule has 0 amide bonds. The summed E-state index contributed by atoms with van der Waals surface area (Å²) in [6, 6.07) is 7.23. The van der Waals surface area contributed by atoms with E-state index in [0.29, 0.717) is 17.5 Å². The highest BCUT2D eigenvalue weighted by atomic mass is 19.4. The van der Waals surface area contributed by atoms with E-state index < -0.39 is 11.7 Å². The van der Waals surface area contributed by atoms with Crippen LogP contribution in [0.5, 0.6) is 0 Å². The van der Waals surface area contributed by atoms with Crippen LogP contribution in [-0.4, -0.2) is 16.0 Å². The van der Waals surface area contributed by atoms with Crippen molar-refractivity contribution < 1.29 is 13.2 Å². The lowest BCUT2D eigenvalue weighted by atomic mass is 10.2. The second-order valence-corrected chi connectivity index (χ2v) is 5.34. The minimum Gasteiger partial charge on any atom is -0.367 e. The predicted octanol–water partition coefficient (Wildman–Crippen LogP) is 4.12. The van der Waals surface area contributed by atoms with E-state index in [0.717, 1.165) is 30.7 Å². The molecule has 0 saturated heterocycles. The van der Waals surface area contributed by atoms with Gasteiger partial charge in [0, 0.05) is 23.5 Å². The summed E-state index contributed by atoms with van der Waals surface area (Å²) in [4.78, 5) is 8.49. The third-order valence-electron chi connectivity index (χ3n) is 3.23. The third-order valence-corrected chi connectivity index (χ3v) is 3.23. The maximum absolute atomic E-state index is 12.7. The Morgan fingerprint density at radius 1 is 1.14 bits per heavy atom. The Kier molecular flexibility index (Phi) is 3.64. The largest absolute Gasteiger partial charge is 0.416 e. The molecule has 3 rings (SSSR count). The quantitative estimate of drug-likeness (QED) is 0.892. The summed E-state index contributed by atoms with van der Waals surface area (Å²) in [6.45, 7) is 1.82. The van der Waals surface area contributed by atoms with Crippen LogP contribution in [0.1, 0.15) is 24.1 Å². The molecule has 0 bridgehead atoms. The van der Waals surface area contributed by atoms with Gasteiger partial charge in [-0.05, 0) is 38.0 Å². The van der Waals surface area contributed by atoms with E-state index in [1.807, 2.05) is 13.0 Å². The van der Waals surface area contributed by atoms with Crippen molar-refractivity contribution in [2.45, 2.75) is 32.0 Å². The Hall–Kier alpha value is -2.31. The van der Waals surface area contributed by atoms with Gasteiger partial charge in [-0.1, -0.05) is 6.07 Å². The first-order valence-corrected chi connectivity index (χ1v) is 6.97. The number of hydrogen-bond acceptors (Lipinski definition) is 4. The zero-order valence-electron chi connectivity index (χ0n) is 11.9. The van der Waals surface area contributed by atoms with Crippen LogP contribution in [0.4, 0.5) is 30.6 Å². The Labute approximate surface area is 125 Å². The maximum Gasteiger partial charge on any atom is 0.416 e. The van der Waals surface area contributed by atoms with Gasteiger partial charge in [0.1, 0.15) is 5.82 Å². The summed E-state index contributed by atoms with van der Waals surface area (Å²) >= 11 is 0. The van der Waals surface area contributed by atoms with Crippen molar-refractivity contribution in [3.05, 3.63) is 41.6 Å². The molecule has 1 fully saturated rings. The van der Waals surface area contributed by atoms with Crippen molar-refractivity contribution in [1.29, 1.82) is 0 Å². The molecule has 1 saturated carbocycles. The summed E-state index contributed by atoms with van der Waals surface area (Å²) < 4.78 is 38.1. The van der Waals surface area contributed by atoms with Crippen LogP contribution in [0.3, 0.4) is 0 Å². The molecule has 1 aliphatic rings. The molecule has 116 valence electrons. The average molecular weight is 308 g/mol. The molecular formula is C15H15F3N4. The van der Waals surface area contributed by atoms with Gasteiger partial charge < -0.3 is 10.6 Å². The number of aryl methyl sites for hydroxylation is 1. The number of halogens is 3. The number of benzene rings is 1. The van der Waals surface area contributed by atoms with Crippen LogP contribution in [0, 0.1) is 6.92 Å². The van der Waals surface area contributed by atoms with Gasteiger partial charge >= 0.3 is 6.18 Å². The van der Waals surface area contributed by atoms with Crippen LogP contribution < -0.4 is 10.6 Å². The standard InChI is InChI=1S/C15H15F3N4/c1-9-7-13(20-11-5-6-11)22-14(19-9)21-12-4-2-3-10(8-12)15(16,17)18/h2-4,7-8,11H,5-6H2,1H3,(H2,19,20,21,22). The fourth-order valence-electron chi connectivity index (χ4n) is 2.04. The summed E-state index contributed by atoms with van der Waals surface area (Å²) in [5.74, 6) is 0.965. The second kappa shape index (κ2) is 5.47. The van der Waals surface area contributed by atoms with Crippen molar-refractivity contribution in [2.24, 2.45) is 0 Å². The third kappa shape index (κ3) is 3.66. The van der Waals surface area contributed by atoms with Gasteiger partial charge in [0.25, 0.3) is 0 Å². The monoisotopic (exact) mass is 308 g/mol. The smallest absolute Gasteiger partial charge is 0.367 e. The van der Waals surface area contributed by atoms with Crippen molar-refractivity contribution in [3.63, 3.8) is 0 Å². The Morgan fingerprint density at radius 2 is 1.91 bits per heavy atom. The molecule has 4 nitrogen and oxygen atoms in total. The molecule has 1 aromatic carbocycles. The SMILES string of the molecule is Cc1cc(NC2CC2)nc(Nc2cccc(C(F)(F)F)c2)n1. The van der Waals surface area contributed by atoms with E-state index in [9.17, 15) is 13.2 Å². The number of rotatable bonds is 4. The number of aromatic nitrogens is 2. The lowest BCUT2D eigenvalue weighted by Crippen LogP contribution is -2.08. The lowest BCUT2D eigenvalue weighted by Gasteiger charge is -2.11. The molecule has 0 aliphatic heterocycles. The number of alkyl halides is 3. The molecule has 2 aromatic rings.